The summed E-state index contributed by atoms with van der Waals surface area (Å²) in [6.07, 6.45) is 1.59. The molecule has 0 fully saturated rings. The Kier molecular flexibility index (Phi) is 5.73. The van der Waals surface area contributed by atoms with Gasteiger partial charge in [-0.05, 0) is 34.7 Å². The molecule has 136 valence electrons. The molecule has 6 nitrogen and oxygen atoms in total. The molecule has 0 radical (unpaired) electrons. The van der Waals surface area contributed by atoms with Crippen molar-refractivity contribution in [3.8, 4) is 11.5 Å². The monoisotopic (exact) mass is 354 g/mol. The minimum absolute atomic E-state index is 0.134. The maximum absolute atomic E-state index is 11.8. The third-order valence-electron chi connectivity index (χ3n) is 4.00. The molecule has 6 heteroatoms. The van der Waals surface area contributed by atoms with Gasteiger partial charge in [-0.1, -0.05) is 49.3 Å². The lowest BCUT2D eigenvalue weighted by Gasteiger charge is -2.06. The van der Waals surface area contributed by atoms with Gasteiger partial charge < -0.3 is 19.6 Å². The number of fused-ring (bicyclic) bond motifs is 1. The van der Waals surface area contributed by atoms with Gasteiger partial charge in [0.25, 0.3) is 5.91 Å². The van der Waals surface area contributed by atoms with Crippen LogP contribution in [0.1, 0.15) is 36.5 Å². The van der Waals surface area contributed by atoms with E-state index >= 15 is 0 Å². The summed E-state index contributed by atoms with van der Waals surface area (Å²) in [6, 6.07) is 13.6. The number of hydrogen-bond donors (Lipinski definition) is 1. The van der Waals surface area contributed by atoms with Crippen LogP contribution in [0.4, 0.5) is 0 Å². The molecule has 0 spiro atoms. The molecule has 0 aromatic heterocycles. The van der Waals surface area contributed by atoms with Crippen molar-refractivity contribution in [1.82, 2.24) is 5.32 Å². The van der Waals surface area contributed by atoms with Crippen LogP contribution >= 0.6 is 0 Å². The molecule has 3 rings (SSSR count). The Morgan fingerprint density at radius 3 is 2.73 bits per heavy atom. The molecule has 26 heavy (non-hydrogen) atoms. The van der Waals surface area contributed by atoms with E-state index in [0.29, 0.717) is 18.2 Å². The normalized spacial score (nSPS) is 12.6. The molecule has 2 aromatic rings. The van der Waals surface area contributed by atoms with Crippen LogP contribution in [0.25, 0.3) is 0 Å². The van der Waals surface area contributed by atoms with Crippen molar-refractivity contribution in [3.63, 3.8) is 0 Å². The molecular weight excluding hydrogens is 332 g/mol. The van der Waals surface area contributed by atoms with Crippen LogP contribution in [0.15, 0.2) is 47.6 Å². The summed E-state index contributed by atoms with van der Waals surface area (Å²) in [5.41, 5.74) is 3.12. The van der Waals surface area contributed by atoms with Crippen molar-refractivity contribution in [2.75, 3.05) is 13.4 Å². The van der Waals surface area contributed by atoms with Crippen LogP contribution < -0.4 is 14.8 Å². The predicted octanol–water partition coefficient (Wildman–Crippen LogP) is 3.21. The van der Waals surface area contributed by atoms with Crippen molar-refractivity contribution in [1.29, 1.82) is 0 Å². The van der Waals surface area contributed by atoms with E-state index in [1.165, 1.54) is 5.56 Å². The van der Waals surface area contributed by atoms with Gasteiger partial charge in [-0.25, -0.2) is 0 Å². The molecule has 1 aliphatic heterocycles. The molecular formula is C20H22N2O4. The van der Waals surface area contributed by atoms with Crippen LogP contribution in [-0.4, -0.2) is 25.5 Å². The van der Waals surface area contributed by atoms with Gasteiger partial charge in [0.15, 0.2) is 18.1 Å². The predicted molar refractivity (Wildman–Crippen MR) is 98.5 cm³/mol. The minimum atomic E-state index is -0.241. The minimum Gasteiger partial charge on any atom is -0.454 e. The Morgan fingerprint density at radius 1 is 1.19 bits per heavy atom. The second-order valence-electron chi connectivity index (χ2n) is 6.29. The molecule has 0 saturated carbocycles. The number of carbonyl (C=O) groups is 1. The van der Waals surface area contributed by atoms with E-state index in [2.05, 4.69) is 36.5 Å². The maximum atomic E-state index is 11.8. The maximum Gasteiger partial charge on any atom is 0.261 e. The zero-order valence-corrected chi connectivity index (χ0v) is 14.9. The molecule has 1 N–H and O–H groups in total. The highest BCUT2D eigenvalue weighted by atomic mass is 16.7. The number of ether oxygens (including phenoxy) is 2. The molecule has 2 aromatic carbocycles. The highest BCUT2D eigenvalue weighted by Crippen LogP contribution is 2.32. The first-order valence-electron chi connectivity index (χ1n) is 8.52. The number of nitrogens with zero attached hydrogens (tertiary/aromatic N) is 1. The number of nitrogens with one attached hydrogen (secondary N) is 1. The number of benzene rings is 2. The lowest BCUT2D eigenvalue weighted by Crippen LogP contribution is -2.26. The lowest BCUT2D eigenvalue weighted by molar-refractivity contribution is -0.125. The fourth-order valence-electron chi connectivity index (χ4n) is 2.46. The lowest BCUT2D eigenvalue weighted by atomic mass is 10.0. The number of rotatable bonds is 7. The largest absolute Gasteiger partial charge is 0.454 e. The van der Waals surface area contributed by atoms with Crippen LogP contribution in [0.5, 0.6) is 11.5 Å². The number of carbonyl (C=O) groups excluding carboxylic acids is 1. The third kappa shape index (κ3) is 4.75. The Bertz CT molecular complexity index is 785. The van der Waals surface area contributed by atoms with Crippen molar-refractivity contribution >= 4 is 12.1 Å². The number of hydrogen-bond acceptors (Lipinski definition) is 5. The second kappa shape index (κ2) is 8.38. The standard InChI is InChI=1S/C20H22N2O4/c1-14(2)17-6-3-15(4-7-17)11-22-26-12-20(23)21-10-16-5-8-18-19(9-16)25-13-24-18/h3-9,11,14H,10,12-13H2,1-2H3,(H,21,23)/b22-11-. The van der Waals surface area contributed by atoms with Gasteiger partial charge in [0, 0.05) is 6.54 Å². The molecule has 0 aliphatic carbocycles. The second-order valence-corrected chi connectivity index (χ2v) is 6.29. The first kappa shape index (κ1) is 17.8. The van der Waals surface area contributed by atoms with Crippen molar-refractivity contribution < 1.29 is 19.1 Å². The van der Waals surface area contributed by atoms with E-state index < -0.39 is 0 Å². The Labute approximate surface area is 152 Å². The average Bonchev–Trinajstić information content (AvgIpc) is 3.11. The Morgan fingerprint density at radius 2 is 1.96 bits per heavy atom. The number of amides is 1. The molecule has 0 unspecified atom stereocenters. The topological polar surface area (TPSA) is 69.2 Å². The zero-order valence-electron chi connectivity index (χ0n) is 14.9. The van der Waals surface area contributed by atoms with Crippen molar-refractivity contribution in [2.24, 2.45) is 5.16 Å². The van der Waals surface area contributed by atoms with Crippen LogP contribution in [0, 0.1) is 0 Å². The first-order valence-corrected chi connectivity index (χ1v) is 8.52. The summed E-state index contributed by atoms with van der Waals surface area (Å²) < 4.78 is 10.6. The highest BCUT2D eigenvalue weighted by molar-refractivity contribution is 5.79. The van der Waals surface area contributed by atoms with Crippen molar-refractivity contribution in [2.45, 2.75) is 26.3 Å². The van der Waals surface area contributed by atoms with Gasteiger partial charge in [0.2, 0.25) is 6.79 Å². The molecule has 1 aliphatic rings. The zero-order chi connectivity index (χ0) is 18.4. The Balaban J connectivity index is 1.40. The summed E-state index contributed by atoms with van der Waals surface area (Å²) in [6.45, 7) is 4.78. The number of oxime groups is 1. The highest BCUT2D eigenvalue weighted by Gasteiger charge is 2.13. The van der Waals surface area contributed by atoms with Gasteiger partial charge in [-0.3, -0.25) is 4.79 Å². The fraction of sp³-hybridized carbons (Fsp3) is 0.300. The van der Waals surface area contributed by atoms with Crippen LogP contribution in [0.3, 0.4) is 0 Å². The SMILES string of the molecule is CC(C)c1ccc(/C=N\OCC(=O)NCc2ccc3c(c2)OCO3)cc1. The van der Waals surface area contributed by atoms with E-state index in [1.807, 2.05) is 30.3 Å². The first-order chi connectivity index (χ1) is 12.6. The molecule has 1 heterocycles. The van der Waals surface area contributed by atoms with Crippen LogP contribution in [0.2, 0.25) is 0 Å². The van der Waals surface area contributed by atoms with Crippen LogP contribution in [-0.2, 0) is 16.2 Å². The molecule has 0 atom stereocenters. The van der Waals surface area contributed by atoms with Gasteiger partial charge in [-0.15, -0.1) is 0 Å². The summed E-state index contributed by atoms with van der Waals surface area (Å²) in [5.74, 6) is 1.67. The van der Waals surface area contributed by atoms with Gasteiger partial charge in [-0.2, -0.15) is 0 Å². The fourth-order valence-corrected chi connectivity index (χ4v) is 2.46. The van der Waals surface area contributed by atoms with E-state index in [-0.39, 0.29) is 19.3 Å². The Hall–Kier alpha value is -3.02. The van der Waals surface area contributed by atoms with Gasteiger partial charge in [0.05, 0.1) is 6.21 Å². The quantitative estimate of drug-likeness (QED) is 0.612. The summed E-state index contributed by atoms with van der Waals surface area (Å²) in [5, 5.41) is 6.61. The van der Waals surface area contributed by atoms with Crippen molar-refractivity contribution in [3.05, 3.63) is 59.2 Å². The smallest absolute Gasteiger partial charge is 0.261 e. The summed E-state index contributed by atoms with van der Waals surface area (Å²) in [4.78, 5) is 16.9. The summed E-state index contributed by atoms with van der Waals surface area (Å²) >= 11 is 0. The van der Waals surface area contributed by atoms with Gasteiger partial charge in [0.1, 0.15) is 0 Å². The van der Waals surface area contributed by atoms with E-state index in [1.54, 1.807) is 6.21 Å². The average molecular weight is 354 g/mol. The molecule has 1 amide bonds. The van der Waals surface area contributed by atoms with E-state index in [9.17, 15) is 4.79 Å². The third-order valence-corrected chi connectivity index (χ3v) is 4.00. The van der Waals surface area contributed by atoms with E-state index in [0.717, 1.165) is 16.9 Å². The molecule has 0 saturated heterocycles. The van der Waals surface area contributed by atoms with Gasteiger partial charge >= 0.3 is 0 Å². The molecule has 0 bridgehead atoms. The summed E-state index contributed by atoms with van der Waals surface area (Å²) in [7, 11) is 0. The van der Waals surface area contributed by atoms with E-state index in [4.69, 9.17) is 14.3 Å².